The maximum absolute atomic E-state index is 11.2. The molecule has 0 saturated carbocycles. The molecule has 0 aromatic carbocycles. The summed E-state index contributed by atoms with van der Waals surface area (Å²) in [5.74, 6) is -0.994. The maximum Gasteiger partial charge on any atom is 0.224 e. The van der Waals surface area contributed by atoms with Crippen LogP contribution in [-0.2, 0) is 4.79 Å². The predicted octanol–water partition coefficient (Wildman–Crippen LogP) is 0.950. The number of nitrogens with zero attached hydrogens (tertiary/aromatic N) is 3. The quantitative estimate of drug-likeness (QED) is 0.613. The molecule has 1 atom stereocenters. The Hall–Kier alpha value is -2.07. The van der Waals surface area contributed by atoms with Crippen molar-refractivity contribution in [1.29, 1.82) is 10.5 Å². The van der Waals surface area contributed by atoms with Gasteiger partial charge in [0.1, 0.15) is 0 Å². The summed E-state index contributed by atoms with van der Waals surface area (Å²) < 4.78 is 0. The molecule has 0 N–H and O–H groups in total. The van der Waals surface area contributed by atoms with Crippen LogP contribution in [0.2, 0.25) is 0 Å². The molecule has 0 saturated heterocycles. The normalized spacial score (nSPS) is 19.1. The van der Waals surface area contributed by atoms with Crippen molar-refractivity contribution in [3.05, 3.63) is 24.4 Å². The number of rotatable bonds is 1. The average Bonchev–Trinajstić information content (AvgIpc) is 2.20. The molecule has 1 amide bonds. The van der Waals surface area contributed by atoms with Gasteiger partial charge in [-0.1, -0.05) is 12.2 Å². The molecule has 70 valence electrons. The van der Waals surface area contributed by atoms with Gasteiger partial charge in [0.2, 0.25) is 5.91 Å². The zero-order valence-electron chi connectivity index (χ0n) is 7.71. The molecule has 0 spiro atoms. The van der Waals surface area contributed by atoms with Crippen molar-refractivity contribution in [3.63, 3.8) is 0 Å². The van der Waals surface area contributed by atoms with E-state index >= 15 is 0 Å². The molecule has 0 aromatic rings. The highest BCUT2D eigenvalue weighted by Gasteiger charge is 2.26. The fourth-order valence-corrected chi connectivity index (χ4v) is 1.28. The van der Waals surface area contributed by atoms with Gasteiger partial charge >= 0.3 is 0 Å². The molecule has 4 nitrogen and oxygen atoms in total. The second kappa shape index (κ2) is 4.25. The molecule has 0 radical (unpaired) electrons. The minimum Gasteiger partial charge on any atom is -0.310 e. The Morgan fingerprint density at radius 1 is 1.43 bits per heavy atom. The molecule has 1 heterocycles. The lowest BCUT2D eigenvalue weighted by Crippen LogP contribution is -2.38. The van der Waals surface area contributed by atoms with Gasteiger partial charge in [-0.2, -0.15) is 10.5 Å². The van der Waals surface area contributed by atoms with Crippen molar-refractivity contribution in [2.24, 2.45) is 5.92 Å². The Balaban J connectivity index is 2.93. The summed E-state index contributed by atoms with van der Waals surface area (Å²) in [7, 11) is 0. The Labute approximate surface area is 82.3 Å². The summed E-state index contributed by atoms with van der Waals surface area (Å²) in [6.07, 6.45) is 6.68. The Morgan fingerprint density at radius 3 is 2.57 bits per heavy atom. The van der Waals surface area contributed by atoms with E-state index in [9.17, 15) is 4.79 Å². The van der Waals surface area contributed by atoms with Crippen LogP contribution < -0.4 is 0 Å². The number of carbonyl (C=O) groups is 1. The summed E-state index contributed by atoms with van der Waals surface area (Å²) in [6.45, 7) is 1.41. The van der Waals surface area contributed by atoms with Crippen molar-refractivity contribution in [3.8, 4) is 12.1 Å². The second-order valence-corrected chi connectivity index (χ2v) is 2.88. The average molecular weight is 187 g/mol. The van der Waals surface area contributed by atoms with Crippen LogP contribution in [0.1, 0.15) is 6.92 Å². The number of hydrogen-bond donors (Lipinski definition) is 0. The molecule has 1 rings (SSSR count). The summed E-state index contributed by atoms with van der Waals surface area (Å²) in [6, 6.07) is 3.27. The fourth-order valence-electron chi connectivity index (χ4n) is 1.28. The van der Waals surface area contributed by atoms with Gasteiger partial charge < -0.3 is 4.90 Å². The monoisotopic (exact) mass is 187 g/mol. The van der Waals surface area contributed by atoms with Gasteiger partial charge in [-0.15, -0.1) is 0 Å². The first-order valence-corrected chi connectivity index (χ1v) is 4.14. The zero-order chi connectivity index (χ0) is 10.6. The summed E-state index contributed by atoms with van der Waals surface area (Å²) >= 11 is 0. The molecule has 4 heteroatoms. The van der Waals surface area contributed by atoms with E-state index in [4.69, 9.17) is 10.5 Å². The third-order valence-corrected chi connectivity index (χ3v) is 1.97. The molecule has 14 heavy (non-hydrogen) atoms. The molecule has 0 bridgehead atoms. The van der Waals surface area contributed by atoms with Gasteiger partial charge in [0.25, 0.3) is 0 Å². The van der Waals surface area contributed by atoms with Gasteiger partial charge in [0.15, 0.2) is 5.92 Å². The number of carbonyl (C=O) groups excluding carboxylic acids is 1. The van der Waals surface area contributed by atoms with E-state index in [0.717, 1.165) is 0 Å². The van der Waals surface area contributed by atoms with Crippen LogP contribution in [0.4, 0.5) is 0 Å². The first kappa shape index (κ1) is 10.0. The lowest BCUT2D eigenvalue weighted by atomic mass is 9.99. The van der Waals surface area contributed by atoms with Crippen molar-refractivity contribution < 1.29 is 4.79 Å². The van der Waals surface area contributed by atoms with Crippen LogP contribution in [0.5, 0.6) is 0 Å². The number of allylic oxidation sites excluding steroid dienone is 2. The van der Waals surface area contributed by atoms with Crippen molar-refractivity contribution in [1.82, 2.24) is 4.90 Å². The van der Waals surface area contributed by atoms with Crippen molar-refractivity contribution >= 4 is 5.91 Å². The van der Waals surface area contributed by atoms with Gasteiger partial charge in [-0.3, -0.25) is 4.79 Å². The predicted molar refractivity (Wildman–Crippen MR) is 49.3 cm³/mol. The van der Waals surface area contributed by atoms with E-state index in [1.807, 2.05) is 12.1 Å². The van der Waals surface area contributed by atoms with Crippen LogP contribution in [0, 0.1) is 28.6 Å². The van der Waals surface area contributed by atoms with E-state index in [0.29, 0.717) is 0 Å². The standard InChI is InChI=1S/C10H9N3O/c1-8(14)13-5-3-2-4-10(13)9(6-11)7-12/h2-5,9-10H,1H3/t10-/m1/s1. The third kappa shape index (κ3) is 1.81. The number of nitriles is 2. The molecular formula is C10H9N3O. The van der Waals surface area contributed by atoms with E-state index in [1.165, 1.54) is 11.8 Å². The molecule has 0 aromatic heterocycles. The van der Waals surface area contributed by atoms with Crippen LogP contribution >= 0.6 is 0 Å². The van der Waals surface area contributed by atoms with Crippen LogP contribution in [-0.4, -0.2) is 16.8 Å². The third-order valence-electron chi connectivity index (χ3n) is 1.97. The SMILES string of the molecule is CC(=O)N1C=CC=C[C@@H]1C(C#N)C#N. The van der Waals surface area contributed by atoms with E-state index < -0.39 is 12.0 Å². The second-order valence-electron chi connectivity index (χ2n) is 2.88. The summed E-state index contributed by atoms with van der Waals surface area (Å²) in [4.78, 5) is 12.6. The van der Waals surface area contributed by atoms with Crippen LogP contribution in [0.15, 0.2) is 24.4 Å². The minimum atomic E-state index is -0.819. The van der Waals surface area contributed by atoms with Crippen LogP contribution in [0.3, 0.4) is 0 Å². The zero-order valence-corrected chi connectivity index (χ0v) is 7.71. The Bertz CT molecular complexity index is 356. The van der Waals surface area contributed by atoms with E-state index in [2.05, 4.69) is 0 Å². The maximum atomic E-state index is 11.2. The Morgan fingerprint density at radius 2 is 2.07 bits per heavy atom. The van der Waals surface area contributed by atoms with Gasteiger partial charge in [0, 0.05) is 13.1 Å². The van der Waals surface area contributed by atoms with E-state index in [-0.39, 0.29) is 5.91 Å². The lowest BCUT2D eigenvalue weighted by Gasteiger charge is -2.27. The summed E-state index contributed by atoms with van der Waals surface area (Å²) in [5.41, 5.74) is 0. The highest BCUT2D eigenvalue weighted by Crippen LogP contribution is 2.16. The molecule has 0 fully saturated rings. The first-order chi connectivity index (χ1) is 6.70. The number of amides is 1. The molecule has 1 aliphatic heterocycles. The minimum absolute atomic E-state index is 0.175. The van der Waals surface area contributed by atoms with Gasteiger partial charge in [-0.05, 0) is 6.08 Å². The van der Waals surface area contributed by atoms with Gasteiger partial charge in [-0.25, -0.2) is 0 Å². The highest BCUT2D eigenvalue weighted by molar-refractivity contribution is 5.75. The first-order valence-electron chi connectivity index (χ1n) is 4.14. The lowest BCUT2D eigenvalue weighted by molar-refractivity contribution is -0.127. The molecule has 0 aliphatic carbocycles. The number of hydrogen-bond acceptors (Lipinski definition) is 3. The van der Waals surface area contributed by atoms with Gasteiger partial charge in [0.05, 0.1) is 18.2 Å². The molecule has 1 aliphatic rings. The van der Waals surface area contributed by atoms with Crippen LogP contribution in [0.25, 0.3) is 0 Å². The fraction of sp³-hybridized carbons (Fsp3) is 0.300. The van der Waals surface area contributed by atoms with Crippen molar-refractivity contribution in [2.75, 3.05) is 0 Å². The highest BCUT2D eigenvalue weighted by atomic mass is 16.2. The largest absolute Gasteiger partial charge is 0.310 e. The molecular weight excluding hydrogens is 178 g/mol. The van der Waals surface area contributed by atoms with E-state index in [1.54, 1.807) is 24.4 Å². The summed E-state index contributed by atoms with van der Waals surface area (Å²) in [5, 5.41) is 17.4. The Kier molecular flexibility index (Phi) is 3.04. The smallest absolute Gasteiger partial charge is 0.224 e. The molecule has 0 unspecified atom stereocenters. The van der Waals surface area contributed by atoms with Crippen molar-refractivity contribution in [2.45, 2.75) is 13.0 Å². The topological polar surface area (TPSA) is 67.9 Å².